The van der Waals surface area contributed by atoms with E-state index in [9.17, 15) is 8.42 Å². The molecule has 3 rings (SSSR count). The Morgan fingerprint density at radius 1 is 1.14 bits per heavy atom. The largest absolute Gasteiger partial charge is 0.291 e. The van der Waals surface area contributed by atoms with Gasteiger partial charge in [-0.15, -0.1) is 0 Å². The Bertz CT molecular complexity index is 770. The SMILES string of the molecule is CC(c1ncc2ccccc2n1)N1CCN(S(C)(=O)=O)CC1. The van der Waals surface area contributed by atoms with Crippen LogP contribution in [0.3, 0.4) is 0 Å². The van der Waals surface area contributed by atoms with Gasteiger partial charge in [-0.2, -0.15) is 4.31 Å². The molecule has 0 saturated carbocycles. The summed E-state index contributed by atoms with van der Waals surface area (Å²) in [6.45, 7) is 4.52. The fourth-order valence-electron chi connectivity index (χ4n) is 2.77. The number of hydrogen-bond acceptors (Lipinski definition) is 5. The van der Waals surface area contributed by atoms with Gasteiger partial charge < -0.3 is 0 Å². The molecule has 1 unspecified atom stereocenters. The van der Waals surface area contributed by atoms with Crippen LogP contribution in [0.15, 0.2) is 30.5 Å². The Hall–Kier alpha value is -1.57. The second-order valence-corrected chi connectivity index (χ2v) is 7.64. The van der Waals surface area contributed by atoms with E-state index in [-0.39, 0.29) is 6.04 Å². The van der Waals surface area contributed by atoms with Gasteiger partial charge in [0.25, 0.3) is 0 Å². The molecule has 7 heteroatoms. The first kappa shape index (κ1) is 15.3. The van der Waals surface area contributed by atoms with E-state index in [0.29, 0.717) is 26.2 Å². The van der Waals surface area contributed by atoms with Crippen LogP contribution < -0.4 is 0 Å². The van der Waals surface area contributed by atoms with Crippen LogP contribution in [-0.4, -0.2) is 60.0 Å². The second-order valence-electron chi connectivity index (χ2n) is 5.66. The van der Waals surface area contributed by atoms with Gasteiger partial charge in [0.2, 0.25) is 10.0 Å². The van der Waals surface area contributed by atoms with Crippen LogP contribution in [0.1, 0.15) is 18.8 Å². The lowest BCUT2D eigenvalue weighted by atomic mass is 10.2. The van der Waals surface area contributed by atoms with Crippen LogP contribution in [0.2, 0.25) is 0 Å². The van der Waals surface area contributed by atoms with E-state index in [2.05, 4.69) is 21.8 Å². The standard InChI is InChI=1S/C15H20N4O2S/c1-12(18-7-9-19(10-8-18)22(2,20)21)15-16-11-13-5-3-4-6-14(13)17-15/h3-6,11-12H,7-10H2,1-2H3. The minimum Gasteiger partial charge on any atom is -0.291 e. The molecule has 118 valence electrons. The van der Waals surface area contributed by atoms with E-state index in [1.807, 2.05) is 30.5 Å². The van der Waals surface area contributed by atoms with Gasteiger partial charge in [-0.25, -0.2) is 18.4 Å². The van der Waals surface area contributed by atoms with E-state index in [1.165, 1.54) is 10.6 Å². The third-order valence-corrected chi connectivity index (χ3v) is 5.47. The quantitative estimate of drug-likeness (QED) is 0.852. The Labute approximate surface area is 130 Å². The molecule has 0 radical (unpaired) electrons. The molecule has 0 amide bonds. The Morgan fingerprint density at radius 3 is 2.50 bits per heavy atom. The monoisotopic (exact) mass is 320 g/mol. The normalized spacial score (nSPS) is 19.4. The first-order valence-electron chi connectivity index (χ1n) is 7.36. The van der Waals surface area contributed by atoms with Crippen LogP contribution in [0.25, 0.3) is 10.9 Å². The zero-order valence-corrected chi connectivity index (χ0v) is 13.6. The van der Waals surface area contributed by atoms with Crippen molar-refractivity contribution in [3.05, 3.63) is 36.3 Å². The first-order valence-corrected chi connectivity index (χ1v) is 9.21. The maximum absolute atomic E-state index is 11.6. The summed E-state index contributed by atoms with van der Waals surface area (Å²) >= 11 is 0. The summed E-state index contributed by atoms with van der Waals surface area (Å²) in [5.41, 5.74) is 0.939. The van der Waals surface area contributed by atoms with Gasteiger partial charge in [0.1, 0.15) is 5.82 Å². The molecule has 2 heterocycles. The van der Waals surface area contributed by atoms with Gasteiger partial charge in [0, 0.05) is 37.8 Å². The van der Waals surface area contributed by atoms with E-state index in [0.717, 1.165) is 16.7 Å². The fraction of sp³-hybridized carbons (Fsp3) is 0.467. The van der Waals surface area contributed by atoms with Crippen LogP contribution in [0.5, 0.6) is 0 Å². The maximum atomic E-state index is 11.6. The summed E-state index contributed by atoms with van der Waals surface area (Å²) in [6.07, 6.45) is 3.11. The minimum atomic E-state index is -3.09. The molecule has 1 atom stereocenters. The lowest BCUT2D eigenvalue weighted by Crippen LogP contribution is -2.49. The highest BCUT2D eigenvalue weighted by molar-refractivity contribution is 7.88. The summed E-state index contributed by atoms with van der Waals surface area (Å²) < 4.78 is 24.6. The molecule has 0 spiro atoms. The molecule has 0 bridgehead atoms. The van der Waals surface area contributed by atoms with Crippen molar-refractivity contribution < 1.29 is 8.42 Å². The van der Waals surface area contributed by atoms with Gasteiger partial charge >= 0.3 is 0 Å². The topological polar surface area (TPSA) is 66.4 Å². The van der Waals surface area contributed by atoms with Crippen molar-refractivity contribution in [2.45, 2.75) is 13.0 Å². The van der Waals surface area contributed by atoms with E-state index >= 15 is 0 Å². The lowest BCUT2D eigenvalue weighted by Gasteiger charge is -2.36. The first-order chi connectivity index (χ1) is 10.4. The van der Waals surface area contributed by atoms with Gasteiger partial charge in [-0.05, 0) is 13.0 Å². The molecule has 1 aromatic heterocycles. The molecular weight excluding hydrogens is 300 g/mol. The summed E-state index contributed by atoms with van der Waals surface area (Å²) in [4.78, 5) is 11.3. The average Bonchev–Trinajstić information content (AvgIpc) is 2.53. The summed E-state index contributed by atoms with van der Waals surface area (Å²) in [5, 5.41) is 1.03. The molecule has 1 aromatic carbocycles. The zero-order chi connectivity index (χ0) is 15.7. The van der Waals surface area contributed by atoms with Crippen molar-refractivity contribution in [2.24, 2.45) is 0 Å². The van der Waals surface area contributed by atoms with Crippen molar-refractivity contribution in [2.75, 3.05) is 32.4 Å². The Balaban J connectivity index is 1.75. The number of fused-ring (bicyclic) bond motifs is 1. The number of benzene rings is 1. The van der Waals surface area contributed by atoms with Crippen molar-refractivity contribution in [3.63, 3.8) is 0 Å². The van der Waals surface area contributed by atoms with Gasteiger partial charge in [0.05, 0.1) is 17.8 Å². The third-order valence-electron chi connectivity index (χ3n) is 4.17. The molecule has 22 heavy (non-hydrogen) atoms. The fourth-order valence-corrected chi connectivity index (χ4v) is 3.60. The van der Waals surface area contributed by atoms with Gasteiger partial charge in [-0.1, -0.05) is 18.2 Å². The number of para-hydroxylation sites is 1. The molecular formula is C15H20N4O2S. The van der Waals surface area contributed by atoms with Gasteiger partial charge in [0.15, 0.2) is 0 Å². The molecule has 1 aliphatic heterocycles. The Morgan fingerprint density at radius 2 is 1.82 bits per heavy atom. The third kappa shape index (κ3) is 3.11. The lowest BCUT2D eigenvalue weighted by molar-refractivity contribution is 0.141. The highest BCUT2D eigenvalue weighted by Crippen LogP contribution is 2.21. The number of hydrogen-bond donors (Lipinski definition) is 0. The predicted molar refractivity (Wildman–Crippen MR) is 85.9 cm³/mol. The van der Waals surface area contributed by atoms with E-state index in [1.54, 1.807) is 0 Å². The number of rotatable bonds is 3. The molecule has 0 N–H and O–H groups in total. The van der Waals surface area contributed by atoms with E-state index in [4.69, 9.17) is 0 Å². The highest BCUT2D eigenvalue weighted by Gasteiger charge is 2.27. The molecule has 0 aliphatic carbocycles. The number of sulfonamides is 1. The molecule has 1 saturated heterocycles. The minimum absolute atomic E-state index is 0.0753. The van der Waals surface area contributed by atoms with E-state index < -0.39 is 10.0 Å². The van der Waals surface area contributed by atoms with Crippen LogP contribution in [-0.2, 0) is 10.0 Å². The molecule has 1 aliphatic rings. The molecule has 2 aromatic rings. The Kier molecular flexibility index (Phi) is 4.12. The summed E-state index contributed by atoms with van der Waals surface area (Å²) in [5.74, 6) is 0.784. The number of piperazine rings is 1. The van der Waals surface area contributed by atoms with Crippen LogP contribution >= 0.6 is 0 Å². The van der Waals surface area contributed by atoms with Crippen molar-refractivity contribution >= 4 is 20.9 Å². The maximum Gasteiger partial charge on any atom is 0.211 e. The zero-order valence-electron chi connectivity index (χ0n) is 12.8. The number of nitrogens with zero attached hydrogens (tertiary/aromatic N) is 4. The van der Waals surface area contributed by atoms with Crippen molar-refractivity contribution in [1.82, 2.24) is 19.2 Å². The predicted octanol–water partition coefficient (Wildman–Crippen LogP) is 1.27. The summed E-state index contributed by atoms with van der Waals surface area (Å²) in [6, 6.07) is 7.99. The average molecular weight is 320 g/mol. The highest BCUT2D eigenvalue weighted by atomic mass is 32.2. The molecule has 1 fully saturated rings. The van der Waals surface area contributed by atoms with Crippen LogP contribution in [0, 0.1) is 0 Å². The smallest absolute Gasteiger partial charge is 0.211 e. The van der Waals surface area contributed by atoms with Crippen LogP contribution in [0.4, 0.5) is 0 Å². The molecule has 6 nitrogen and oxygen atoms in total. The van der Waals surface area contributed by atoms with Crippen molar-refractivity contribution in [1.29, 1.82) is 0 Å². The van der Waals surface area contributed by atoms with Gasteiger partial charge in [-0.3, -0.25) is 4.90 Å². The second kappa shape index (κ2) is 5.91. The van der Waals surface area contributed by atoms with Crippen molar-refractivity contribution in [3.8, 4) is 0 Å². The summed E-state index contributed by atoms with van der Waals surface area (Å²) in [7, 11) is -3.09. The number of aromatic nitrogens is 2.